The second-order valence-corrected chi connectivity index (χ2v) is 9.98. The van der Waals surface area contributed by atoms with Gasteiger partial charge in [0.15, 0.2) is 0 Å². The Morgan fingerprint density at radius 1 is 0.656 bits per heavy atom. The molecule has 3 aromatic rings. The van der Waals surface area contributed by atoms with E-state index in [1.807, 2.05) is 12.1 Å². The standard InChI is InChI=1S/C28H28O4/c1-27(2)13-14-28(3,4)24-16-20(10-12-23(24)27)22-15-19(9-11-21(22)26(31)32)17-5-7-18(8-6-17)25(29)30/h5-12,15-16H,13-14H2,1-4H3,(H,29,30)(H,31,32). The normalized spacial score (nSPS) is 16.2. The van der Waals surface area contributed by atoms with Crippen molar-refractivity contribution in [2.45, 2.75) is 51.4 Å². The van der Waals surface area contributed by atoms with E-state index in [2.05, 4.69) is 39.8 Å². The number of aromatic carboxylic acids is 2. The van der Waals surface area contributed by atoms with Crippen LogP contribution in [0.3, 0.4) is 0 Å². The molecule has 0 bridgehead atoms. The van der Waals surface area contributed by atoms with Crippen molar-refractivity contribution in [3.63, 3.8) is 0 Å². The molecule has 0 saturated heterocycles. The zero-order valence-electron chi connectivity index (χ0n) is 18.9. The summed E-state index contributed by atoms with van der Waals surface area (Å²) in [6.45, 7) is 9.04. The lowest BCUT2D eigenvalue weighted by atomic mass is 9.63. The first-order valence-electron chi connectivity index (χ1n) is 10.9. The average Bonchev–Trinajstić information content (AvgIpc) is 2.76. The van der Waals surface area contributed by atoms with Crippen molar-refractivity contribution in [3.05, 3.63) is 82.9 Å². The van der Waals surface area contributed by atoms with Gasteiger partial charge in [-0.3, -0.25) is 0 Å². The van der Waals surface area contributed by atoms with Gasteiger partial charge in [0, 0.05) is 0 Å². The Balaban J connectivity index is 1.87. The summed E-state index contributed by atoms with van der Waals surface area (Å²) in [4.78, 5) is 23.2. The van der Waals surface area contributed by atoms with Gasteiger partial charge in [-0.15, -0.1) is 0 Å². The van der Waals surface area contributed by atoms with E-state index >= 15 is 0 Å². The molecule has 32 heavy (non-hydrogen) atoms. The van der Waals surface area contributed by atoms with Gasteiger partial charge in [0.2, 0.25) is 0 Å². The molecule has 4 nitrogen and oxygen atoms in total. The van der Waals surface area contributed by atoms with E-state index < -0.39 is 11.9 Å². The van der Waals surface area contributed by atoms with Crippen molar-refractivity contribution < 1.29 is 19.8 Å². The summed E-state index contributed by atoms with van der Waals surface area (Å²) in [7, 11) is 0. The number of rotatable bonds is 4. The number of hydrogen-bond donors (Lipinski definition) is 2. The molecule has 0 fully saturated rings. The van der Waals surface area contributed by atoms with Crippen LogP contribution in [0.25, 0.3) is 22.3 Å². The molecule has 0 saturated carbocycles. The lowest BCUT2D eigenvalue weighted by Gasteiger charge is -2.42. The Morgan fingerprint density at radius 2 is 1.22 bits per heavy atom. The minimum Gasteiger partial charge on any atom is -0.478 e. The number of fused-ring (bicyclic) bond motifs is 1. The molecule has 4 rings (SSSR count). The van der Waals surface area contributed by atoms with E-state index in [0.29, 0.717) is 5.56 Å². The molecule has 0 amide bonds. The maximum Gasteiger partial charge on any atom is 0.336 e. The van der Waals surface area contributed by atoms with Crippen LogP contribution in [0.2, 0.25) is 0 Å². The van der Waals surface area contributed by atoms with Crippen molar-refractivity contribution in [2.75, 3.05) is 0 Å². The number of hydrogen-bond acceptors (Lipinski definition) is 2. The van der Waals surface area contributed by atoms with Gasteiger partial charge in [0.1, 0.15) is 0 Å². The van der Waals surface area contributed by atoms with Crippen molar-refractivity contribution >= 4 is 11.9 Å². The van der Waals surface area contributed by atoms with Gasteiger partial charge in [-0.2, -0.15) is 0 Å². The van der Waals surface area contributed by atoms with E-state index in [1.165, 1.54) is 11.1 Å². The zero-order valence-corrected chi connectivity index (χ0v) is 18.9. The highest BCUT2D eigenvalue weighted by molar-refractivity contribution is 5.97. The maximum absolute atomic E-state index is 12.0. The van der Waals surface area contributed by atoms with Crippen LogP contribution in [0, 0.1) is 0 Å². The number of carboxylic acids is 2. The van der Waals surface area contributed by atoms with E-state index in [0.717, 1.165) is 29.5 Å². The van der Waals surface area contributed by atoms with Crippen LogP contribution in [0.15, 0.2) is 60.7 Å². The molecule has 1 aliphatic rings. The molecule has 0 heterocycles. The summed E-state index contributed by atoms with van der Waals surface area (Å²) >= 11 is 0. The predicted octanol–water partition coefficient (Wildman–Crippen LogP) is 6.77. The van der Waals surface area contributed by atoms with Crippen LogP contribution in [0.5, 0.6) is 0 Å². The molecule has 0 aromatic heterocycles. The Morgan fingerprint density at radius 3 is 1.81 bits per heavy atom. The Kier molecular flexibility index (Phi) is 5.20. The van der Waals surface area contributed by atoms with Crippen LogP contribution in [-0.4, -0.2) is 22.2 Å². The Labute approximate surface area is 188 Å². The van der Waals surface area contributed by atoms with Gasteiger partial charge in [0.25, 0.3) is 0 Å². The number of carbonyl (C=O) groups is 2. The highest BCUT2D eigenvalue weighted by Crippen LogP contribution is 2.47. The molecule has 0 spiro atoms. The van der Waals surface area contributed by atoms with Gasteiger partial charge in [0.05, 0.1) is 11.1 Å². The highest BCUT2D eigenvalue weighted by atomic mass is 16.4. The summed E-state index contributed by atoms with van der Waals surface area (Å²) in [5.74, 6) is -1.94. The van der Waals surface area contributed by atoms with Gasteiger partial charge in [-0.05, 0) is 81.3 Å². The van der Waals surface area contributed by atoms with Gasteiger partial charge >= 0.3 is 11.9 Å². The SMILES string of the molecule is CC1(C)CCC(C)(C)c2cc(-c3cc(-c4ccc(C(=O)O)cc4)ccc3C(=O)O)ccc21. The summed E-state index contributed by atoms with van der Waals surface area (Å²) in [6, 6.07) is 18.3. The van der Waals surface area contributed by atoms with Crippen LogP contribution in [0.1, 0.15) is 72.4 Å². The molecular weight excluding hydrogens is 400 g/mol. The van der Waals surface area contributed by atoms with Crippen molar-refractivity contribution in [1.82, 2.24) is 0 Å². The lowest BCUT2D eigenvalue weighted by Crippen LogP contribution is -2.33. The number of benzene rings is 3. The topological polar surface area (TPSA) is 74.6 Å². The summed E-state index contributed by atoms with van der Waals surface area (Å²) < 4.78 is 0. The Bertz CT molecular complexity index is 1220. The van der Waals surface area contributed by atoms with E-state index in [-0.39, 0.29) is 22.0 Å². The van der Waals surface area contributed by atoms with Crippen LogP contribution in [0.4, 0.5) is 0 Å². The van der Waals surface area contributed by atoms with E-state index in [9.17, 15) is 14.7 Å². The average molecular weight is 429 g/mol. The fraction of sp³-hybridized carbons (Fsp3) is 0.286. The summed E-state index contributed by atoms with van der Waals surface area (Å²) in [5, 5.41) is 19.0. The van der Waals surface area contributed by atoms with E-state index in [1.54, 1.807) is 36.4 Å². The first-order chi connectivity index (χ1) is 15.0. The van der Waals surface area contributed by atoms with E-state index in [4.69, 9.17) is 5.11 Å². The third-order valence-electron chi connectivity index (χ3n) is 6.88. The van der Waals surface area contributed by atoms with Gasteiger partial charge < -0.3 is 10.2 Å². The quantitative estimate of drug-likeness (QED) is 0.481. The zero-order chi connectivity index (χ0) is 23.3. The molecule has 1 aliphatic carbocycles. The smallest absolute Gasteiger partial charge is 0.336 e. The molecule has 164 valence electrons. The first kappa shape index (κ1) is 21.8. The highest BCUT2D eigenvalue weighted by Gasteiger charge is 2.37. The second-order valence-electron chi connectivity index (χ2n) is 9.98. The molecule has 2 N–H and O–H groups in total. The molecule has 0 atom stereocenters. The van der Waals surface area contributed by atoms with Crippen molar-refractivity contribution in [3.8, 4) is 22.3 Å². The third kappa shape index (κ3) is 3.81. The largest absolute Gasteiger partial charge is 0.478 e. The summed E-state index contributed by atoms with van der Waals surface area (Å²) in [6.07, 6.45) is 2.20. The minimum absolute atomic E-state index is 0.0223. The van der Waals surface area contributed by atoms with Crippen LogP contribution < -0.4 is 0 Å². The fourth-order valence-corrected chi connectivity index (χ4v) is 4.71. The molecule has 0 radical (unpaired) electrons. The first-order valence-corrected chi connectivity index (χ1v) is 10.9. The number of carboxylic acid groups (broad SMARTS) is 2. The summed E-state index contributed by atoms with van der Waals surface area (Å²) in [5.41, 5.74) is 6.43. The van der Waals surface area contributed by atoms with Gasteiger partial charge in [-0.25, -0.2) is 9.59 Å². The van der Waals surface area contributed by atoms with Crippen molar-refractivity contribution in [1.29, 1.82) is 0 Å². The molecule has 0 unspecified atom stereocenters. The Hall–Kier alpha value is -3.40. The fourth-order valence-electron chi connectivity index (χ4n) is 4.71. The lowest BCUT2D eigenvalue weighted by molar-refractivity contribution is 0.0686. The molecule has 3 aromatic carbocycles. The van der Waals surface area contributed by atoms with Crippen molar-refractivity contribution in [2.24, 2.45) is 0 Å². The van der Waals surface area contributed by atoms with Gasteiger partial charge in [-0.1, -0.05) is 64.1 Å². The molecular formula is C28H28O4. The molecule has 0 aliphatic heterocycles. The van der Waals surface area contributed by atoms with Crippen LogP contribution >= 0.6 is 0 Å². The second kappa shape index (κ2) is 7.63. The minimum atomic E-state index is -0.974. The molecule has 4 heteroatoms. The van der Waals surface area contributed by atoms with Crippen LogP contribution in [-0.2, 0) is 10.8 Å². The third-order valence-corrected chi connectivity index (χ3v) is 6.88. The maximum atomic E-state index is 12.0. The predicted molar refractivity (Wildman–Crippen MR) is 127 cm³/mol. The monoisotopic (exact) mass is 428 g/mol.